The SMILES string of the molecule is c1ccc(C23CC4CC(CC(C4)C2)C3)c(CC2CO2)c1. The van der Waals surface area contributed by atoms with Crippen LogP contribution in [0.3, 0.4) is 0 Å². The zero-order chi connectivity index (χ0) is 13.2. The Kier molecular flexibility index (Phi) is 2.42. The van der Waals surface area contributed by atoms with Crippen molar-refractivity contribution in [2.24, 2.45) is 17.8 Å². The number of ether oxygens (including phenoxy) is 1. The highest BCUT2D eigenvalue weighted by Crippen LogP contribution is 2.61. The number of benzene rings is 1. The molecule has 1 saturated heterocycles. The fourth-order valence-electron chi connectivity index (χ4n) is 6.09. The van der Waals surface area contributed by atoms with Gasteiger partial charge in [0.2, 0.25) is 0 Å². The summed E-state index contributed by atoms with van der Waals surface area (Å²) in [5.74, 6) is 3.10. The van der Waals surface area contributed by atoms with Crippen molar-refractivity contribution in [3.05, 3.63) is 35.4 Å². The van der Waals surface area contributed by atoms with Crippen LogP contribution in [-0.2, 0) is 16.6 Å². The second-order valence-corrected chi connectivity index (χ2v) is 8.01. The third kappa shape index (κ3) is 1.79. The van der Waals surface area contributed by atoms with Crippen molar-refractivity contribution < 1.29 is 4.74 Å². The van der Waals surface area contributed by atoms with Gasteiger partial charge in [-0.2, -0.15) is 0 Å². The Morgan fingerprint density at radius 1 is 0.950 bits per heavy atom. The van der Waals surface area contributed by atoms with Crippen LogP contribution in [0, 0.1) is 17.8 Å². The molecular formula is C19H24O. The van der Waals surface area contributed by atoms with E-state index < -0.39 is 0 Å². The van der Waals surface area contributed by atoms with E-state index in [9.17, 15) is 0 Å². The third-order valence-corrected chi connectivity index (χ3v) is 6.48. The predicted molar refractivity (Wildman–Crippen MR) is 79.7 cm³/mol. The minimum Gasteiger partial charge on any atom is -0.373 e. The standard InChI is InChI=1S/C19H24O/c1-2-4-18(16(3-1)8-17-12-20-17)19-9-13-5-14(10-19)7-15(6-13)11-19/h1-4,13-15,17H,5-12H2. The fourth-order valence-corrected chi connectivity index (χ4v) is 6.09. The summed E-state index contributed by atoms with van der Waals surface area (Å²) >= 11 is 0. The molecule has 1 nitrogen and oxygen atoms in total. The number of hydrogen-bond acceptors (Lipinski definition) is 1. The molecule has 5 fully saturated rings. The topological polar surface area (TPSA) is 12.5 Å². The summed E-state index contributed by atoms with van der Waals surface area (Å²) in [6.45, 7) is 0.981. The molecule has 0 amide bonds. The van der Waals surface area contributed by atoms with Gasteiger partial charge in [0.25, 0.3) is 0 Å². The van der Waals surface area contributed by atoms with Gasteiger partial charge in [-0.15, -0.1) is 0 Å². The maximum Gasteiger partial charge on any atom is 0.0850 e. The van der Waals surface area contributed by atoms with E-state index in [1.54, 1.807) is 11.1 Å². The van der Waals surface area contributed by atoms with Crippen LogP contribution in [0.25, 0.3) is 0 Å². The second kappa shape index (κ2) is 4.10. The summed E-state index contributed by atoms with van der Waals surface area (Å²) in [7, 11) is 0. The zero-order valence-electron chi connectivity index (χ0n) is 12.2. The van der Waals surface area contributed by atoms with Crippen LogP contribution in [0.2, 0.25) is 0 Å². The van der Waals surface area contributed by atoms with Crippen molar-refractivity contribution in [3.8, 4) is 0 Å². The maximum atomic E-state index is 5.49. The molecular weight excluding hydrogens is 244 g/mol. The van der Waals surface area contributed by atoms with E-state index in [0.717, 1.165) is 30.8 Å². The van der Waals surface area contributed by atoms with E-state index in [2.05, 4.69) is 24.3 Å². The first-order valence-electron chi connectivity index (χ1n) is 8.51. The first-order chi connectivity index (χ1) is 9.81. The Morgan fingerprint density at radius 2 is 1.55 bits per heavy atom. The molecule has 20 heavy (non-hydrogen) atoms. The van der Waals surface area contributed by atoms with Crippen molar-refractivity contribution in [3.63, 3.8) is 0 Å². The van der Waals surface area contributed by atoms with E-state index in [1.165, 1.54) is 38.5 Å². The molecule has 4 saturated carbocycles. The van der Waals surface area contributed by atoms with Crippen molar-refractivity contribution in [1.82, 2.24) is 0 Å². The van der Waals surface area contributed by atoms with Crippen molar-refractivity contribution in [1.29, 1.82) is 0 Å². The average Bonchev–Trinajstić information content (AvgIpc) is 3.21. The highest BCUT2D eigenvalue weighted by atomic mass is 16.6. The molecule has 4 aliphatic carbocycles. The van der Waals surface area contributed by atoms with Gasteiger partial charge in [-0.3, -0.25) is 0 Å². The molecule has 106 valence electrons. The van der Waals surface area contributed by atoms with Crippen molar-refractivity contribution in [2.45, 2.75) is 56.5 Å². The number of rotatable bonds is 3. The highest BCUT2D eigenvalue weighted by Gasteiger charge is 2.52. The predicted octanol–water partition coefficient (Wildman–Crippen LogP) is 4.10. The van der Waals surface area contributed by atoms with E-state index in [0.29, 0.717) is 11.5 Å². The third-order valence-electron chi connectivity index (χ3n) is 6.48. The normalized spacial score (nSPS) is 44.8. The van der Waals surface area contributed by atoms with Gasteiger partial charge in [0, 0.05) is 6.42 Å². The molecule has 0 N–H and O–H groups in total. The number of epoxide rings is 1. The van der Waals surface area contributed by atoms with Crippen LogP contribution < -0.4 is 0 Å². The van der Waals surface area contributed by atoms with Gasteiger partial charge < -0.3 is 4.74 Å². The van der Waals surface area contributed by atoms with Gasteiger partial charge in [0.05, 0.1) is 12.7 Å². The van der Waals surface area contributed by atoms with Crippen molar-refractivity contribution >= 4 is 0 Å². The lowest BCUT2D eigenvalue weighted by atomic mass is 9.47. The quantitative estimate of drug-likeness (QED) is 0.752. The highest BCUT2D eigenvalue weighted by molar-refractivity contribution is 5.37. The molecule has 1 heterocycles. The molecule has 0 spiro atoms. The molecule has 0 radical (unpaired) electrons. The lowest BCUT2D eigenvalue weighted by Gasteiger charge is -2.57. The van der Waals surface area contributed by atoms with E-state index in [1.807, 2.05) is 0 Å². The number of hydrogen-bond donors (Lipinski definition) is 0. The van der Waals surface area contributed by atoms with Crippen LogP contribution in [0.5, 0.6) is 0 Å². The molecule has 1 heteroatoms. The van der Waals surface area contributed by atoms with Crippen LogP contribution in [0.15, 0.2) is 24.3 Å². The summed E-state index contributed by atoms with van der Waals surface area (Å²) < 4.78 is 5.49. The first kappa shape index (κ1) is 11.8. The summed E-state index contributed by atoms with van der Waals surface area (Å²) in [6.07, 6.45) is 10.7. The average molecular weight is 268 g/mol. The van der Waals surface area contributed by atoms with Crippen LogP contribution in [0.1, 0.15) is 49.7 Å². The van der Waals surface area contributed by atoms with Crippen LogP contribution >= 0.6 is 0 Å². The van der Waals surface area contributed by atoms with Crippen LogP contribution in [-0.4, -0.2) is 12.7 Å². The second-order valence-electron chi connectivity index (χ2n) is 8.01. The monoisotopic (exact) mass is 268 g/mol. The fraction of sp³-hybridized carbons (Fsp3) is 0.684. The van der Waals surface area contributed by atoms with Gasteiger partial charge in [-0.1, -0.05) is 24.3 Å². The lowest BCUT2D eigenvalue weighted by Crippen LogP contribution is -2.49. The van der Waals surface area contributed by atoms with Gasteiger partial charge in [-0.05, 0) is 72.8 Å². The molecule has 1 aliphatic heterocycles. The largest absolute Gasteiger partial charge is 0.373 e. The molecule has 1 aromatic rings. The first-order valence-corrected chi connectivity index (χ1v) is 8.51. The Balaban J connectivity index is 1.55. The molecule has 1 unspecified atom stereocenters. The Bertz CT molecular complexity index is 493. The molecule has 5 aliphatic rings. The summed E-state index contributed by atoms with van der Waals surface area (Å²) in [6, 6.07) is 9.31. The van der Waals surface area contributed by atoms with E-state index in [4.69, 9.17) is 4.74 Å². The van der Waals surface area contributed by atoms with Gasteiger partial charge in [-0.25, -0.2) is 0 Å². The summed E-state index contributed by atoms with van der Waals surface area (Å²) in [5, 5.41) is 0. The Morgan fingerprint density at radius 3 is 2.15 bits per heavy atom. The smallest absolute Gasteiger partial charge is 0.0850 e. The summed E-state index contributed by atoms with van der Waals surface area (Å²) in [4.78, 5) is 0. The van der Waals surface area contributed by atoms with E-state index >= 15 is 0 Å². The van der Waals surface area contributed by atoms with Gasteiger partial charge >= 0.3 is 0 Å². The lowest BCUT2D eigenvalue weighted by molar-refractivity contribution is -0.00560. The molecule has 4 bridgehead atoms. The molecule has 6 rings (SSSR count). The minimum absolute atomic E-state index is 0.519. The van der Waals surface area contributed by atoms with Crippen LogP contribution in [0.4, 0.5) is 0 Å². The van der Waals surface area contributed by atoms with Crippen molar-refractivity contribution in [2.75, 3.05) is 6.61 Å². The van der Waals surface area contributed by atoms with E-state index in [-0.39, 0.29) is 0 Å². The van der Waals surface area contributed by atoms with Gasteiger partial charge in [0.1, 0.15) is 0 Å². The zero-order valence-corrected chi connectivity index (χ0v) is 12.2. The summed E-state index contributed by atoms with van der Waals surface area (Å²) in [5.41, 5.74) is 3.84. The maximum absolute atomic E-state index is 5.49. The Hall–Kier alpha value is -0.820. The Labute approximate surface area is 121 Å². The van der Waals surface area contributed by atoms with Gasteiger partial charge in [0.15, 0.2) is 0 Å². The molecule has 1 aromatic carbocycles. The molecule has 1 atom stereocenters. The molecule has 0 aromatic heterocycles. The minimum atomic E-state index is 0.519.